The number of hydrogen-bond donors (Lipinski definition) is 2. The van der Waals surface area contributed by atoms with Gasteiger partial charge < -0.3 is 5.32 Å². The highest BCUT2D eigenvalue weighted by atomic mass is 79.9. The van der Waals surface area contributed by atoms with Crippen molar-refractivity contribution < 1.29 is 8.42 Å². The largest absolute Gasteiger partial charge is 0.312 e. The second-order valence-corrected chi connectivity index (χ2v) is 10.1. The quantitative estimate of drug-likeness (QED) is 0.736. The summed E-state index contributed by atoms with van der Waals surface area (Å²) in [5, 5.41) is 3.21. The molecule has 0 saturated carbocycles. The third-order valence-electron chi connectivity index (χ3n) is 2.83. The second kappa shape index (κ2) is 7.34. The standard InChI is InChI=1S/C13H17BrN2O2S3/c1-3-15-7-11-6-12(9(2)19-11)21(17,18)16-8-10-4-5-13(14)20-10/h4-6,15-16H,3,7-8H2,1-2H3. The van der Waals surface area contributed by atoms with E-state index < -0.39 is 10.0 Å². The summed E-state index contributed by atoms with van der Waals surface area (Å²) in [6.45, 7) is 5.76. The molecule has 2 aromatic rings. The van der Waals surface area contributed by atoms with Crippen LogP contribution in [0.3, 0.4) is 0 Å². The lowest BCUT2D eigenvalue weighted by atomic mass is 10.4. The van der Waals surface area contributed by atoms with E-state index in [1.165, 1.54) is 22.7 Å². The molecule has 0 aliphatic heterocycles. The van der Waals surface area contributed by atoms with Crippen LogP contribution in [0.4, 0.5) is 0 Å². The Morgan fingerprint density at radius 1 is 1.19 bits per heavy atom. The molecule has 0 saturated heterocycles. The molecule has 2 aromatic heterocycles. The van der Waals surface area contributed by atoms with E-state index >= 15 is 0 Å². The first kappa shape index (κ1) is 17.1. The van der Waals surface area contributed by atoms with Crippen LogP contribution in [0.15, 0.2) is 26.9 Å². The van der Waals surface area contributed by atoms with Crippen molar-refractivity contribution in [3.05, 3.63) is 36.6 Å². The average Bonchev–Trinajstić information content (AvgIpc) is 3.00. The number of aryl methyl sites for hydroxylation is 1. The maximum Gasteiger partial charge on any atom is 0.242 e. The minimum Gasteiger partial charge on any atom is -0.312 e. The molecule has 2 N–H and O–H groups in total. The zero-order chi connectivity index (χ0) is 15.5. The highest BCUT2D eigenvalue weighted by Crippen LogP contribution is 2.26. The topological polar surface area (TPSA) is 58.2 Å². The number of rotatable bonds is 7. The normalized spacial score (nSPS) is 12.0. The van der Waals surface area contributed by atoms with Gasteiger partial charge in [-0.25, -0.2) is 13.1 Å². The van der Waals surface area contributed by atoms with Crippen LogP contribution in [0, 0.1) is 6.92 Å². The van der Waals surface area contributed by atoms with Gasteiger partial charge in [-0.05, 0) is 47.6 Å². The Labute approximate surface area is 141 Å². The third kappa shape index (κ3) is 4.61. The molecule has 0 fully saturated rings. The summed E-state index contributed by atoms with van der Waals surface area (Å²) in [7, 11) is -3.46. The average molecular weight is 409 g/mol. The van der Waals surface area contributed by atoms with E-state index in [-0.39, 0.29) is 0 Å². The summed E-state index contributed by atoms with van der Waals surface area (Å²) in [6, 6.07) is 5.59. The molecule has 0 bridgehead atoms. The maximum atomic E-state index is 12.4. The summed E-state index contributed by atoms with van der Waals surface area (Å²) in [5.41, 5.74) is 0. The van der Waals surface area contributed by atoms with Crippen molar-refractivity contribution >= 4 is 48.6 Å². The van der Waals surface area contributed by atoms with Crippen LogP contribution < -0.4 is 10.0 Å². The SMILES string of the molecule is CCNCc1cc(S(=O)(=O)NCc2ccc(Br)s2)c(C)s1. The fourth-order valence-corrected chi connectivity index (χ4v) is 5.94. The van der Waals surface area contributed by atoms with Gasteiger partial charge in [0.1, 0.15) is 0 Å². The lowest BCUT2D eigenvalue weighted by Gasteiger charge is -2.04. The molecule has 0 amide bonds. The van der Waals surface area contributed by atoms with Gasteiger partial charge in [-0.15, -0.1) is 22.7 Å². The molecule has 0 aliphatic rings. The fourth-order valence-electron chi connectivity index (χ4n) is 1.82. The Morgan fingerprint density at radius 3 is 2.57 bits per heavy atom. The summed E-state index contributed by atoms with van der Waals surface area (Å²) in [4.78, 5) is 3.22. The number of nitrogens with one attached hydrogen (secondary N) is 2. The number of thiophene rings is 2. The summed E-state index contributed by atoms with van der Waals surface area (Å²) in [5.74, 6) is 0. The van der Waals surface area contributed by atoms with Crippen LogP contribution in [0.5, 0.6) is 0 Å². The molecular weight excluding hydrogens is 392 g/mol. The van der Waals surface area contributed by atoms with E-state index in [2.05, 4.69) is 26.0 Å². The van der Waals surface area contributed by atoms with Gasteiger partial charge >= 0.3 is 0 Å². The Hall–Kier alpha value is -0.250. The van der Waals surface area contributed by atoms with Crippen molar-refractivity contribution in [2.24, 2.45) is 0 Å². The first-order valence-electron chi connectivity index (χ1n) is 6.46. The minimum absolute atomic E-state index is 0.316. The molecule has 0 atom stereocenters. The Kier molecular flexibility index (Phi) is 5.98. The summed E-state index contributed by atoms with van der Waals surface area (Å²) >= 11 is 6.42. The van der Waals surface area contributed by atoms with E-state index in [9.17, 15) is 8.42 Å². The van der Waals surface area contributed by atoms with Crippen LogP contribution in [-0.4, -0.2) is 15.0 Å². The number of sulfonamides is 1. The second-order valence-electron chi connectivity index (χ2n) is 4.44. The van der Waals surface area contributed by atoms with Gasteiger partial charge in [-0.2, -0.15) is 0 Å². The van der Waals surface area contributed by atoms with Crippen LogP contribution in [0.2, 0.25) is 0 Å². The first-order valence-corrected chi connectivity index (χ1v) is 10.4. The third-order valence-corrected chi connectivity index (χ3v) is 7.16. The predicted octanol–water partition coefficient (Wildman–Crippen LogP) is 3.47. The molecule has 21 heavy (non-hydrogen) atoms. The molecular formula is C13H17BrN2O2S3. The summed E-state index contributed by atoms with van der Waals surface area (Å²) in [6.07, 6.45) is 0. The summed E-state index contributed by atoms with van der Waals surface area (Å²) < 4.78 is 28.4. The van der Waals surface area contributed by atoms with Gasteiger partial charge in [0, 0.05) is 27.7 Å². The zero-order valence-electron chi connectivity index (χ0n) is 11.8. The molecule has 4 nitrogen and oxygen atoms in total. The molecule has 0 aromatic carbocycles. The monoisotopic (exact) mass is 408 g/mol. The van der Waals surface area contributed by atoms with Gasteiger partial charge in [0.2, 0.25) is 10.0 Å². The fraction of sp³-hybridized carbons (Fsp3) is 0.385. The van der Waals surface area contributed by atoms with Crippen LogP contribution >= 0.6 is 38.6 Å². The van der Waals surface area contributed by atoms with Gasteiger partial charge in [0.05, 0.1) is 8.68 Å². The van der Waals surface area contributed by atoms with Crippen LogP contribution in [0.25, 0.3) is 0 Å². The van der Waals surface area contributed by atoms with Crippen LogP contribution in [0.1, 0.15) is 21.6 Å². The lowest BCUT2D eigenvalue weighted by molar-refractivity contribution is 0.581. The van der Waals surface area contributed by atoms with Gasteiger partial charge in [0.25, 0.3) is 0 Å². The van der Waals surface area contributed by atoms with Crippen molar-refractivity contribution in [1.82, 2.24) is 10.0 Å². The van der Waals surface area contributed by atoms with E-state index in [0.29, 0.717) is 18.0 Å². The van der Waals surface area contributed by atoms with E-state index in [1.807, 2.05) is 26.0 Å². The van der Waals surface area contributed by atoms with Crippen molar-refractivity contribution in [2.75, 3.05) is 6.54 Å². The lowest BCUT2D eigenvalue weighted by Crippen LogP contribution is -2.23. The first-order chi connectivity index (χ1) is 9.92. The molecule has 116 valence electrons. The number of hydrogen-bond acceptors (Lipinski definition) is 5. The smallest absolute Gasteiger partial charge is 0.242 e. The molecule has 0 unspecified atom stereocenters. The maximum absolute atomic E-state index is 12.4. The van der Waals surface area contributed by atoms with Crippen molar-refractivity contribution in [3.8, 4) is 0 Å². The molecule has 2 rings (SSSR count). The van der Waals surface area contributed by atoms with Gasteiger partial charge in [-0.3, -0.25) is 0 Å². The highest BCUT2D eigenvalue weighted by Gasteiger charge is 2.19. The van der Waals surface area contributed by atoms with E-state index in [1.54, 1.807) is 6.07 Å². The molecule has 0 aliphatic carbocycles. The van der Waals surface area contributed by atoms with Gasteiger partial charge in [-0.1, -0.05) is 6.92 Å². The van der Waals surface area contributed by atoms with Crippen molar-refractivity contribution in [2.45, 2.75) is 31.8 Å². The van der Waals surface area contributed by atoms with E-state index in [4.69, 9.17) is 0 Å². The zero-order valence-corrected chi connectivity index (χ0v) is 15.8. The number of halogens is 1. The molecule has 0 spiro atoms. The van der Waals surface area contributed by atoms with Crippen molar-refractivity contribution in [3.63, 3.8) is 0 Å². The van der Waals surface area contributed by atoms with Crippen molar-refractivity contribution in [1.29, 1.82) is 0 Å². The van der Waals surface area contributed by atoms with Gasteiger partial charge in [0.15, 0.2) is 0 Å². The molecule has 0 radical (unpaired) electrons. The molecule has 2 heterocycles. The predicted molar refractivity (Wildman–Crippen MR) is 92.5 cm³/mol. The Bertz CT molecular complexity index is 707. The molecule has 8 heteroatoms. The Balaban J connectivity index is 2.09. The van der Waals surface area contributed by atoms with Crippen LogP contribution in [-0.2, 0) is 23.1 Å². The van der Waals surface area contributed by atoms with E-state index in [0.717, 1.165) is 25.0 Å². The Morgan fingerprint density at radius 2 is 1.95 bits per heavy atom. The highest BCUT2D eigenvalue weighted by molar-refractivity contribution is 9.11. The minimum atomic E-state index is -3.46.